The molecule has 3 heteroatoms. The van der Waals surface area contributed by atoms with Gasteiger partial charge in [0.15, 0.2) is 0 Å². The molecule has 1 aromatic rings. The molecule has 0 aliphatic rings. The first-order chi connectivity index (χ1) is 5.24. The Hall–Kier alpha value is -1.06. The van der Waals surface area contributed by atoms with Crippen LogP contribution in [0.3, 0.4) is 0 Å². The van der Waals surface area contributed by atoms with Gasteiger partial charge in [0.1, 0.15) is 0 Å². The van der Waals surface area contributed by atoms with Gasteiger partial charge in [-0.1, -0.05) is 12.1 Å². The number of nitrogens with one attached hydrogen (secondary N) is 1. The van der Waals surface area contributed by atoms with Crippen LogP contribution in [0.25, 0.3) is 0 Å². The molecule has 1 aromatic carbocycles. The van der Waals surface area contributed by atoms with Crippen LogP contribution in [0.1, 0.15) is 18.6 Å². The standard InChI is InChI=1S/C8H12N2O/c1-6(11)7-3-2-4-8(5-7)10-9/h2-6,10-11H,9H2,1H3. The van der Waals surface area contributed by atoms with Gasteiger partial charge >= 0.3 is 0 Å². The highest BCUT2D eigenvalue weighted by Gasteiger charge is 1.99. The van der Waals surface area contributed by atoms with Crippen LogP contribution in [0, 0.1) is 0 Å². The van der Waals surface area contributed by atoms with Crippen LogP contribution in [0.5, 0.6) is 0 Å². The number of nitrogen functional groups attached to an aromatic ring is 1. The second-order valence-electron chi connectivity index (χ2n) is 2.45. The van der Waals surface area contributed by atoms with Gasteiger partial charge in [0.05, 0.1) is 6.10 Å². The van der Waals surface area contributed by atoms with Crippen LogP contribution in [0.15, 0.2) is 24.3 Å². The SMILES string of the molecule is CC(O)c1cccc(NN)c1. The van der Waals surface area contributed by atoms with E-state index in [1.807, 2.05) is 24.3 Å². The Morgan fingerprint density at radius 3 is 2.82 bits per heavy atom. The molecule has 0 aliphatic carbocycles. The predicted molar refractivity (Wildman–Crippen MR) is 44.9 cm³/mol. The molecule has 1 unspecified atom stereocenters. The minimum atomic E-state index is -0.441. The summed E-state index contributed by atoms with van der Waals surface area (Å²) in [7, 11) is 0. The predicted octanol–water partition coefficient (Wildman–Crippen LogP) is 1.03. The highest BCUT2D eigenvalue weighted by Crippen LogP contribution is 2.15. The van der Waals surface area contributed by atoms with Crippen molar-refractivity contribution in [2.45, 2.75) is 13.0 Å². The summed E-state index contributed by atoms with van der Waals surface area (Å²) < 4.78 is 0. The van der Waals surface area contributed by atoms with Crippen molar-refractivity contribution < 1.29 is 5.11 Å². The molecule has 0 spiro atoms. The van der Waals surface area contributed by atoms with Crippen LogP contribution in [-0.2, 0) is 0 Å². The average molecular weight is 152 g/mol. The van der Waals surface area contributed by atoms with Gasteiger partial charge in [-0.25, -0.2) is 0 Å². The topological polar surface area (TPSA) is 58.3 Å². The van der Waals surface area contributed by atoms with Gasteiger partial charge in [0.25, 0.3) is 0 Å². The molecule has 0 bridgehead atoms. The van der Waals surface area contributed by atoms with Gasteiger partial charge < -0.3 is 10.5 Å². The first-order valence-corrected chi connectivity index (χ1v) is 3.48. The maximum atomic E-state index is 9.18. The molecule has 0 fully saturated rings. The highest BCUT2D eigenvalue weighted by atomic mass is 16.3. The number of nitrogens with two attached hydrogens (primary N) is 1. The van der Waals surface area contributed by atoms with Crippen molar-refractivity contribution in [2.24, 2.45) is 5.84 Å². The fourth-order valence-corrected chi connectivity index (χ4v) is 0.888. The molecule has 60 valence electrons. The molecule has 4 N–H and O–H groups in total. The molecule has 0 amide bonds. The molecule has 0 saturated carbocycles. The van der Waals surface area contributed by atoms with Crippen molar-refractivity contribution in [2.75, 3.05) is 5.43 Å². The van der Waals surface area contributed by atoms with E-state index in [0.717, 1.165) is 11.3 Å². The fourth-order valence-electron chi connectivity index (χ4n) is 0.888. The molecule has 0 saturated heterocycles. The molecular weight excluding hydrogens is 140 g/mol. The number of hydrogen-bond acceptors (Lipinski definition) is 3. The molecule has 1 atom stereocenters. The quantitative estimate of drug-likeness (QED) is 0.438. The van der Waals surface area contributed by atoms with E-state index < -0.39 is 6.10 Å². The number of anilines is 1. The zero-order valence-corrected chi connectivity index (χ0v) is 6.41. The minimum absolute atomic E-state index is 0.441. The normalized spacial score (nSPS) is 12.6. The number of aliphatic hydroxyl groups is 1. The molecule has 1 rings (SSSR count). The van der Waals surface area contributed by atoms with Crippen molar-refractivity contribution in [3.8, 4) is 0 Å². The number of benzene rings is 1. The zero-order chi connectivity index (χ0) is 8.27. The van der Waals surface area contributed by atoms with E-state index in [9.17, 15) is 5.11 Å². The second-order valence-corrected chi connectivity index (χ2v) is 2.45. The van der Waals surface area contributed by atoms with E-state index in [0.29, 0.717) is 0 Å². The van der Waals surface area contributed by atoms with E-state index in [1.165, 1.54) is 0 Å². The third-order valence-electron chi connectivity index (χ3n) is 1.54. The van der Waals surface area contributed by atoms with E-state index in [2.05, 4.69) is 5.43 Å². The van der Waals surface area contributed by atoms with Gasteiger partial charge in [-0.15, -0.1) is 0 Å². The first kappa shape index (κ1) is 8.04. The van der Waals surface area contributed by atoms with Crippen molar-refractivity contribution in [1.29, 1.82) is 0 Å². The lowest BCUT2D eigenvalue weighted by atomic mass is 10.1. The Bertz CT molecular complexity index is 235. The summed E-state index contributed by atoms with van der Waals surface area (Å²) >= 11 is 0. The maximum Gasteiger partial charge on any atom is 0.0762 e. The average Bonchev–Trinajstić information content (AvgIpc) is 2.05. The third-order valence-corrected chi connectivity index (χ3v) is 1.54. The van der Waals surface area contributed by atoms with E-state index in [1.54, 1.807) is 6.92 Å². The van der Waals surface area contributed by atoms with Crippen molar-refractivity contribution in [3.63, 3.8) is 0 Å². The number of rotatable bonds is 2. The molecule has 3 nitrogen and oxygen atoms in total. The second kappa shape index (κ2) is 3.37. The molecule has 0 radical (unpaired) electrons. The first-order valence-electron chi connectivity index (χ1n) is 3.48. The summed E-state index contributed by atoms with van der Waals surface area (Å²) in [6.45, 7) is 1.72. The lowest BCUT2D eigenvalue weighted by molar-refractivity contribution is 0.199. The third kappa shape index (κ3) is 1.93. The van der Waals surface area contributed by atoms with Crippen LogP contribution in [0.4, 0.5) is 5.69 Å². The van der Waals surface area contributed by atoms with Crippen molar-refractivity contribution in [3.05, 3.63) is 29.8 Å². The molecular formula is C8H12N2O. The molecule has 0 heterocycles. The van der Waals surface area contributed by atoms with Crippen LogP contribution in [-0.4, -0.2) is 5.11 Å². The Morgan fingerprint density at radius 1 is 1.55 bits per heavy atom. The minimum Gasteiger partial charge on any atom is -0.389 e. The molecule has 0 aromatic heterocycles. The lowest BCUT2D eigenvalue weighted by Gasteiger charge is -2.06. The monoisotopic (exact) mass is 152 g/mol. The van der Waals surface area contributed by atoms with Crippen LogP contribution < -0.4 is 11.3 Å². The number of hydrazine groups is 1. The smallest absolute Gasteiger partial charge is 0.0762 e. The Labute approximate surface area is 65.8 Å². The van der Waals surface area contributed by atoms with Gasteiger partial charge in [0.2, 0.25) is 0 Å². The maximum absolute atomic E-state index is 9.18. The van der Waals surface area contributed by atoms with Crippen LogP contribution >= 0.6 is 0 Å². The van der Waals surface area contributed by atoms with Gasteiger partial charge in [0, 0.05) is 5.69 Å². The molecule has 0 aliphatic heterocycles. The number of hydrogen-bond donors (Lipinski definition) is 3. The Kier molecular flexibility index (Phi) is 2.46. The van der Waals surface area contributed by atoms with Crippen molar-refractivity contribution >= 4 is 5.69 Å². The fraction of sp³-hybridized carbons (Fsp3) is 0.250. The number of aliphatic hydroxyl groups excluding tert-OH is 1. The summed E-state index contributed by atoms with van der Waals surface area (Å²) in [6.07, 6.45) is -0.441. The summed E-state index contributed by atoms with van der Waals surface area (Å²) in [5.74, 6) is 5.19. The van der Waals surface area contributed by atoms with Crippen molar-refractivity contribution in [1.82, 2.24) is 0 Å². The van der Waals surface area contributed by atoms with E-state index >= 15 is 0 Å². The largest absolute Gasteiger partial charge is 0.389 e. The summed E-state index contributed by atoms with van der Waals surface area (Å²) in [4.78, 5) is 0. The lowest BCUT2D eigenvalue weighted by Crippen LogP contribution is -2.07. The van der Waals surface area contributed by atoms with E-state index in [4.69, 9.17) is 5.84 Å². The van der Waals surface area contributed by atoms with E-state index in [-0.39, 0.29) is 0 Å². The molecule has 11 heavy (non-hydrogen) atoms. The van der Waals surface area contributed by atoms with Gasteiger partial charge in [-0.2, -0.15) is 0 Å². The highest BCUT2D eigenvalue weighted by molar-refractivity contribution is 5.44. The Morgan fingerprint density at radius 2 is 2.27 bits per heavy atom. The summed E-state index contributed by atoms with van der Waals surface area (Å²) in [6, 6.07) is 7.35. The van der Waals surface area contributed by atoms with Gasteiger partial charge in [-0.3, -0.25) is 5.84 Å². The summed E-state index contributed by atoms with van der Waals surface area (Å²) in [5.41, 5.74) is 4.18. The van der Waals surface area contributed by atoms with Gasteiger partial charge in [-0.05, 0) is 24.6 Å². The van der Waals surface area contributed by atoms with Crippen LogP contribution in [0.2, 0.25) is 0 Å². The zero-order valence-electron chi connectivity index (χ0n) is 6.41. The Balaban J connectivity index is 2.91. The summed E-state index contributed by atoms with van der Waals surface area (Å²) in [5, 5.41) is 9.18.